The van der Waals surface area contributed by atoms with Crippen molar-refractivity contribution in [2.45, 2.75) is 57.9 Å². The first-order valence-corrected chi connectivity index (χ1v) is 12.1. The summed E-state index contributed by atoms with van der Waals surface area (Å²) in [6.07, 6.45) is 7.54. The van der Waals surface area contributed by atoms with E-state index in [1.54, 1.807) is 0 Å². The molecule has 0 unspecified atom stereocenters. The van der Waals surface area contributed by atoms with Crippen LogP contribution in [0.2, 0.25) is 5.02 Å². The molecule has 1 aromatic carbocycles. The van der Waals surface area contributed by atoms with Gasteiger partial charge in [0.2, 0.25) is 5.91 Å². The van der Waals surface area contributed by atoms with Crippen LogP contribution < -0.4 is 4.90 Å². The Morgan fingerprint density at radius 2 is 1.71 bits per heavy atom. The molecule has 170 valence electrons. The van der Waals surface area contributed by atoms with E-state index in [1.165, 1.54) is 68.4 Å². The Balaban J connectivity index is 1.26. The SMILES string of the molecule is CCC1CCN(CCC2CCN([C@H]3CC(=O)N(c4ccc(F)c(Cl)c4)C3=O)CC2)CC1. The molecule has 7 heteroatoms. The molecule has 3 fully saturated rings. The Morgan fingerprint density at radius 3 is 2.35 bits per heavy atom. The van der Waals surface area contributed by atoms with Gasteiger partial charge in [0.05, 0.1) is 23.2 Å². The fourth-order valence-corrected chi connectivity index (χ4v) is 5.51. The Morgan fingerprint density at radius 1 is 1.03 bits per heavy atom. The zero-order valence-electron chi connectivity index (χ0n) is 18.4. The summed E-state index contributed by atoms with van der Waals surface area (Å²) in [6, 6.07) is 3.58. The molecule has 0 spiro atoms. The number of halogens is 2. The zero-order chi connectivity index (χ0) is 22.0. The Kier molecular flexibility index (Phi) is 7.29. The number of anilines is 1. The number of benzene rings is 1. The number of carbonyl (C=O) groups is 2. The van der Waals surface area contributed by atoms with Crippen molar-refractivity contribution in [2.75, 3.05) is 37.6 Å². The van der Waals surface area contributed by atoms with E-state index < -0.39 is 11.9 Å². The molecule has 3 heterocycles. The van der Waals surface area contributed by atoms with Gasteiger partial charge in [0, 0.05) is 0 Å². The monoisotopic (exact) mass is 449 g/mol. The van der Waals surface area contributed by atoms with Gasteiger partial charge in [-0.25, -0.2) is 9.29 Å². The number of rotatable bonds is 6. The molecule has 0 radical (unpaired) electrons. The molecule has 0 bridgehead atoms. The second kappa shape index (κ2) is 9.97. The number of carbonyl (C=O) groups excluding carboxylic acids is 2. The number of likely N-dealkylation sites (tertiary alicyclic amines) is 2. The summed E-state index contributed by atoms with van der Waals surface area (Å²) < 4.78 is 13.5. The maximum atomic E-state index is 13.5. The summed E-state index contributed by atoms with van der Waals surface area (Å²) in [5.74, 6) is 0.592. The van der Waals surface area contributed by atoms with Gasteiger partial charge in [-0.15, -0.1) is 0 Å². The van der Waals surface area contributed by atoms with E-state index in [4.69, 9.17) is 11.6 Å². The first kappa shape index (κ1) is 22.7. The maximum absolute atomic E-state index is 13.5. The molecule has 3 saturated heterocycles. The van der Waals surface area contributed by atoms with Crippen molar-refractivity contribution in [3.63, 3.8) is 0 Å². The predicted octanol–water partition coefficient (Wildman–Crippen LogP) is 4.34. The zero-order valence-corrected chi connectivity index (χ0v) is 19.1. The van der Waals surface area contributed by atoms with Gasteiger partial charge in [0.15, 0.2) is 0 Å². The van der Waals surface area contributed by atoms with E-state index >= 15 is 0 Å². The minimum absolute atomic E-state index is 0.0821. The first-order chi connectivity index (χ1) is 15.0. The number of nitrogens with zero attached hydrogens (tertiary/aromatic N) is 3. The molecule has 31 heavy (non-hydrogen) atoms. The number of hydrogen-bond acceptors (Lipinski definition) is 4. The lowest BCUT2D eigenvalue weighted by atomic mass is 9.91. The van der Waals surface area contributed by atoms with Crippen molar-refractivity contribution in [2.24, 2.45) is 11.8 Å². The van der Waals surface area contributed by atoms with Gasteiger partial charge in [-0.3, -0.25) is 14.5 Å². The van der Waals surface area contributed by atoms with Crippen molar-refractivity contribution in [1.29, 1.82) is 0 Å². The summed E-state index contributed by atoms with van der Waals surface area (Å²) >= 11 is 5.85. The standard InChI is InChI=1S/C24H33ClFN3O2/c1-2-17-5-10-27(11-6-17)12-7-18-8-13-28(14-9-18)22-16-23(30)29(24(22)31)19-3-4-21(26)20(25)15-19/h3-4,15,17-18,22H,2,5-14,16H2,1H3/t22-/m0/s1. The first-order valence-electron chi connectivity index (χ1n) is 11.7. The summed E-state index contributed by atoms with van der Waals surface area (Å²) in [4.78, 5) is 31.5. The fourth-order valence-electron chi connectivity index (χ4n) is 5.33. The highest BCUT2D eigenvalue weighted by Gasteiger charge is 2.43. The molecule has 2 amide bonds. The normalized spacial score (nSPS) is 25.0. The lowest BCUT2D eigenvalue weighted by molar-refractivity contribution is -0.123. The molecule has 0 saturated carbocycles. The van der Waals surface area contributed by atoms with Gasteiger partial charge in [0.25, 0.3) is 5.91 Å². The van der Waals surface area contributed by atoms with E-state index in [0.717, 1.165) is 31.8 Å². The minimum atomic E-state index is -0.558. The fraction of sp³-hybridized carbons (Fsp3) is 0.667. The summed E-state index contributed by atoms with van der Waals surface area (Å²) in [5, 5.41) is -0.0821. The molecule has 1 aromatic rings. The highest BCUT2D eigenvalue weighted by atomic mass is 35.5. The molecule has 1 atom stereocenters. The van der Waals surface area contributed by atoms with E-state index in [0.29, 0.717) is 11.6 Å². The molecular weight excluding hydrogens is 417 g/mol. The van der Waals surface area contributed by atoms with Crippen LogP contribution in [0.25, 0.3) is 0 Å². The summed E-state index contributed by atoms with van der Waals surface area (Å²) in [7, 11) is 0. The summed E-state index contributed by atoms with van der Waals surface area (Å²) in [5.41, 5.74) is 0.352. The smallest absolute Gasteiger partial charge is 0.251 e. The molecule has 3 aliphatic heterocycles. The molecule has 5 nitrogen and oxygen atoms in total. The average Bonchev–Trinajstić information content (AvgIpc) is 3.09. The Bertz CT molecular complexity index is 804. The summed E-state index contributed by atoms with van der Waals surface area (Å²) in [6.45, 7) is 7.65. The van der Waals surface area contributed by atoms with Crippen molar-refractivity contribution in [3.8, 4) is 0 Å². The lowest BCUT2D eigenvalue weighted by Gasteiger charge is -2.36. The van der Waals surface area contributed by atoms with E-state index in [1.807, 2.05) is 0 Å². The van der Waals surface area contributed by atoms with Crippen molar-refractivity contribution >= 4 is 29.1 Å². The van der Waals surface area contributed by atoms with Crippen LogP contribution >= 0.6 is 11.6 Å². The average molecular weight is 450 g/mol. The topological polar surface area (TPSA) is 43.9 Å². The minimum Gasteiger partial charge on any atom is -0.303 e. The molecular formula is C24H33ClFN3O2. The van der Waals surface area contributed by atoms with Gasteiger partial charge < -0.3 is 4.90 Å². The molecule has 0 N–H and O–H groups in total. The van der Waals surface area contributed by atoms with Crippen LogP contribution in [0.4, 0.5) is 10.1 Å². The van der Waals surface area contributed by atoms with E-state index in [-0.39, 0.29) is 23.3 Å². The number of piperidine rings is 2. The largest absolute Gasteiger partial charge is 0.303 e. The lowest BCUT2D eigenvalue weighted by Crippen LogP contribution is -2.46. The van der Waals surface area contributed by atoms with Crippen LogP contribution in [-0.4, -0.2) is 60.4 Å². The van der Waals surface area contributed by atoms with Crippen molar-refractivity contribution < 1.29 is 14.0 Å². The van der Waals surface area contributed by atoms with Crippen LogP contribution in [0.15, 0.2) is 18.2 Å². The number of hydrogen-bond donors (Lipinski definition) is 0. The third-order valence-corrected chi connectivity index (χ3v) is 7.80. The highest BCUT2D eigenvalue weighted by Crippen LogP contribution is 2.31. The van der Waals surface area contributed by atoms with Crippen LogP contribution in [0.5, 0.6) is 0 Å². The van der Waals surface area contributed by atoms with Gasteiger partial charge >= 0.3 is 0 Å². The van der Waals surface area contributed by atoms with Crippen LogP contribution in [0.1, 0.15) is 51.9 Å². The second-order valence-electron chi connectivity index (χ2n) is 9.35. The molecule has 3 aliphatic rings. The predicted molar refractivity (Wildman–Crippen MR) is 121 cm³/mol. The molecule has 0 aliphatic carbocycles. The van der Waals surface area contributed by atoms with Crippen LogP contribution in [0.3, 0.4) is 0 Å². The van der Waals surface area contributed by atoms with Gasteiger partial charge in [-0.05, 0) is 94.9 Å². The third-order valence-electron chi connectivity index (χ3n) is 7.51. The number of imide groups is 1. The van der Waals surface area contributed by atoms with Gasteiger partial charge in [0.1, 0.15) is 5.82 Å². The van der Waals surface area contributed by atoms with Crippen molar-refractivity contribution in [3.05, 3.63) is 29.0 Å². The van der Waals surface area contributed by atoms with E-state index in [9.17, 15) is 14.0 Å². The van der Waals surface area contributed by atoms with Gasteiger partial charge in [-0.1, -0.05) is 24.9 Å². The highest BCUT2D eigenvalue weighted by molar-refractivity contribution is 6.31. The van der Waals surface area contributed by atoms with Crippen LogP contribution in [-0.2, 0) is 9.59 Å². The second-order valence-corrected chi connectivity index (χ2v) is 9.75. The molecule has 0 aromatic heterocycles. The van der Waals surface area contributed by atoms with Crippen molar-refractivity contribution in [1.82, 2.24) is 9.80 Å². The van der Waals surface area contributed by atoms with Crippen LogP contribution in [0, 0.1) is 17.7 Å². The molecule has 4 rings (SSSR count). The Labute approximate surface area is 189 Å². The number of amides is 2. The maximum Gasteiger partial charge on any atom is 0.251 e. The third kappa shape index (κ3) is 5.12. The quantitative estimate of drug-likeness (QED) is 0.606. The van der Waals surface area contributed by atoms with Gasteiger partial charge in [-0.2, -0.15) is 0 Å². The van der Waals surface area contributed by atoms with E-state index in [2.05, 4.69) is 16.7 Å². The Hall–Kier alpha value is -1.50.